The molecule has 0 radical (unpaired) electrons. The van der Waals surface area contributed by atoms with E-state index in [2.05, 4.69) is 4.98 Å². The van der Waals surface area contributed by atoms with E-state index in [1.165, 1.54) is 0 Å². The van der Waals surface area contributed by atoms with Crippen LogP contribution in [0.5, 0.6) is 0 Å². The lowest BCUT2D eigenvalue weighted by Crippen LogP contribution is -2.04. The van der Waals surface area contributed by atoms with E-state index in [4.69, 9.17) is 16.3 Å². The number of aryl methyl sites for hydroxylation is 1. The fourth-order valence-corrected chi connectivity index (χ4v) is 2.18. The summed E-state index contributed by atoms with van der Waals surface area (Å²) < 4.78 is 7.01. The summed E-state index contributed by atoms with van der Waals surface area (Å²) in [6.07, 6.45) is 0. The number of benzene rings is 1. The molecule has 0 atom stereocenters. The van der Waals surface area contributed by atoms with Gasteiger partial charge in [0.15, 0.2) is 0 Å². The van der Waals surface area contributed by atoms with Crippen LogP contribution in [-0.4, -0.2) is 22.1 Å². The smallest absolute Gasteiger partial charge is 0.338 e. The summed E-state index contributed by atoms with van der Waals surface area (Å²) in [6, 6.07) is 5.38. The molecule has 1 aromatic heterocycles. The summed E-state index contributed by atoms with van der Waals surface area (Å²) in [5, 5.41) is 0. The third-order valence-electron chi connectivity index (χ3n) is 2.77. The van der Waals surface area contributed by atoms with Crippen LogP contribution >= 0.6 is 11.6 Å². The van der Waals surface area contributed by atoms with E-state index < -0.39 is 0 Å². The number of nitrogens with zero attached hydrogens (tertiary/aromatic N) is 2. The molecule has 1 aromatic carbocycles. The van der Waals surface area contributed by atoms with Gasteiger partial charge in [-0.15, -0.1) is 11.6 Å². The van der Waals surface area contributed by atoms with Crippen molar-refractivity contribution in [2.75, 3.05) is 6.61 Å². The minimum Gasteiger partial charge on any atom is -0.462 e. The molecule has 4 nitrogen and oxygen atoms in total. The first-order valence-electron chi connectivity index (χ1n) is 5.93. The van der Waals surface area contributed by atoms with Crippen molar-refractivity contribution in [2.45, 2.75) is 26.3 Å². The number of rotatable bonds is 4. The first kappa shape index (κ1) is 12.9. The standard InChI is InChI=1S/C13H15ClN2O2/c1-3-16-11-6-5-9(13(17)18-4-2)7-10(11)15-12(16)8-14/h5-7H,3-4,8H2,1-2H3. The maximum Gasteiger partial charge on any atom is 0.338 e. The van der Waals surface area contributed by atoms with Crippen molar-refractivity contribution in [1.29, 1.82) is 0 Å². The molecular formula is C13H15ClN2O2. The summed E-state index contributed by atoms with van der Waals surface area (Å²) in [5.41, 5.74) is 2.28. The van der Waals surface area contributed by atoms with Crippen LogP contribution in [0.2, 0.25) is 0 Å². The first-order chi connectivity index (χ1) is 8.71. The normalized spacial score (nSPS) is 10.8. The number of ether oxygens (including phenoxy) is 1. The van der Waals surface area contributed by atoms with Crippen LogP contribution in [0.15, 0.2) is 18.2 Å². The summed E-state index contributed by atoms with van der Waals surface area (Å²) in [7, 11) is 0. The van der Waals surface area contributed by atoms with Gasteiger partial charge in [0.25, 0.3) is 0 Å². The zero-order valence-corrected chi connectivity index (χ0v) is 11.2. The number of aromatic nitrogens is 2. The molecule has 96 valence electrons. The van der Waals surface area contributed by atoms with E-state index in [-0.39, 0.29) is 5.97 Å². The predicted molar refractivity (Wildman–Crippen MR) is 70.9 cm³/mol. The Hall–Kier alpha value is -1.55. The van der Waals surface area contributed by atoms with E-state index in [0.29, 0.717) is 18.1 Å². The monoisotopic (exact) mass is 266 g/mol. The highest BCUT2D eigenvalue weighted by Crippen LogP contribution is 2.19. The Labute approximate surface area is 111 Å². The van der Waals surface area contributed by atoms with Crippen molar-refractivity contribution < 1.29 is 9.53 Å². The maximum atomic E-state index is 11.6. The molecule has 0 saturated carbocycles. The molecule has 0 aliphatic rings. The average molecular weight is 267 g/mol. The van der Waals surface area contributed by atoms with Crippen LogP contribution in [0.25, 0.3) is 11.0 Å². The lowest BCUT2D eigenvalue weighted by Gasteiger charge is -2.04. The number of hydrogen-bond acceptors (Lipinski definition) is 3. The Bertz CT molecular complexity index is 578. The van der Waals surface area contributed by atoms with Crippen molar-refractivity contribution in [1.82, 2.24) is 9.55 Å². The van der Waals surface area contributed by atoms with Crippen molar-refractivity contribution in [3.63, 3.8) is 0 Å². The van der Waals surface area contributed by atoms with Gasteiger partial charge in [0.1, 0.15) is 5.82 Å². The van der Waals surface area contributed by atoms with Crippen molar-refractivity contribution >= 4 is 28.6 Å². The number of esters is 1. The van der Waals surface area contributed by atoms with E-state index in [1.54, 1.807) is 19.1 Å². The van der Waals surface area contributed by atoms with Gasteiger partial charge in [0.05, 0.1) is 29.1 Å². The van der Waals surface area contributed by atoms with Gasteiger partial charge in [-0.2, -0.15) is 0 Å². The molecule has 0 saturated heterocycles. The molecule has 0 aliphatic heterocycles. The van der Waals surface area contributed by atoms with Crippen molar-refractivity contribution in [2.24, 2.45) is 0 Å². The number of hydrogen-bond donors (Lipinski definition) is 0. The summed E-state index contributed by atoms with van der Waals surface area (Å²) in [5.74, 6) is 0.852. The Morgan fingerprint density at radius 3 is 2.83 bits per heavy atom. The molecule has 2 aromatic rings. The lowest BCUT2D eigenvalue weighted by atomic mass is 10.2. The van der Waals surface area contributed by atoms with E-state index >= 15 is 0 Å². The topological polar surface area (TPSA) is 44.1 Å². The quantitative estimate of drug-likeness (QED) is 0.631. The van der Waals surface area contributed by atoms with Gasteiger partial charge in [0, 0.05) is 6.54 Å². The molecular weight excluding hydrogens is 252 g/mol. The zero-order chi connectivity index (χ0) is 13.1. The first-order valence-corrected chi connectivity index (χ1v) is 6.47. The molecule has 0 bridgehead atoms. The number of fused-ring (bicyclic) bond motifs is 1. The van der Waals surface area contributed by atoms with Crippen LogP contribution < -0.4 is 0 Å². The fourth-order valence-electron chi connectivity index (χ4n) is 1.98. The second-order valence-corrected chi connectivity index (χ2v) is 4.10. The number of halogens is 1. The molecule has 0 spiro atoms. The lowest BCUT2D eigenvalue weighted by molar-refractivity contribution is 0.0526. The third-order valence-corrected chi connectivity index (χ3v) is 3.01. The Morgan fingerprint density at radius 1 is 1.44 bits per heavy atom. The van der Waals surface area contributed by atoms with Gasteiger partial charge < -0.3 is 9.30 Å². The van der Waals surface area contributed by atoms with Crippen LogP contribution in [-0.2, 0) is 17.2 Å². The molecule has 18 heavy (non-hydrogen) atoms. The van der Waals surface area contributed by atoms with Crippen LogP contribution in [0.3, 0.4) is 0 Å². The minimum atomic E-state index is -0.321. The number of carbonyl (C=O) groups is 1. The van der Waals surface area contributed by atoms with Gasteiger partial charge in [-0.25, -0.2) is 9.78 Å². The Morgan fingerprint density at radius 2 is 2.22 bits per heavy atom. The van der Waals surface area contributed by atoms with Gasteiger partial charge >= 0.3 is 5.97 Å². The largest absolute Gasteiger partial charge is 0.462 e. The van der Waals surface area contributed by atoms with Gasteiger partial charge in [-0.1, -0.05) is 0 Å². The highest BCUT2D eigenvalue weighted by molar-refractivity contribution is 6.16. The predicted octanol–water partition coefficient (Wildman–Crippen LogP) is 2.97. The number of alkyl halides is 1. The van der Waals surface area contributed by atoms with Crippen molar-refractivity contribution in [3.05, 3.63) is 29.6 Å². The van der Waals surface area contributed by atoms with E-state index in [1.807, 2.05) is 17.6 Å². The molecule has 0 amide bonds. The van der Waals surface area contributed by atoms with Crippen LogP contribution in [0, 0.1) is 0 Å². The molecule has 0 aliphatic carbocycles. The summed E-state index contributed by atoms with van der Waals surface area (Å²) >= 11 is 5.86. The summed E-state index contributed by atoms with van der Waals surface area (Å²) in [6.45, 7) is 4.99. The number of carbonyl (C=O) groups excluding carboxylic acids is 1. The van der Waals surface area contributed by atoms with Crippen molar-refractivity contribution in [3.8, 4) is 0 Å². The third kappa shape index (κ3) is 2.20. The van der Waals surface area contributed by atoms with Gasteiger partial charge in [-0.05, 0) is 32.0 Å². The number of imidazole rings is 1. The van der Waals surface area contributed by atoms with Crippen LogP contribution in [0.4, 0.5) is 0 Å². The Kier molecular flexibility index (Phi) is 3.87. The molecule has 0 fully saturated rings. The molecule has 5 heteroatoms. The minimum absolute atomic E-state index is 0.321. The second-order valence-electron chi connectivity index (χ2n) is 3.83. The molecule has 2 rings (SSSR count). The Balaban J connectivity index is 2.49. The SMILES string of the molecule is CCOC(=O)c1ccc2c(c1)nc(CCl)n2CC. The summed E-state index contributed by atoms with van der Waals surface area (Å²) in [4.78, 5) is 16.1. The maximum absolute atomic E-state index is 11.6. The fraction of sp³-hybridized carbons (Fsp3) is 0.385. The van der Waals surface area contributed by atoms with E-state index in [9.17, 15) is 4.79 Å². The van der Waals surface area contributed by atoms with E-state index in [0.717, 1.165) is 23.4 Å². The average Bonchev–Trinajstić information content (AvgIpc) is 2.75. The van der Waals surface area contributed by atoms with Gasteiger partial charge in [-0.3, -0.25) is 0 Å². The molecule has 1 heterocycles. The van der Waals surface area contributed by atoms with Crippen LogP contribution in [0.1, 0.15) is 30.0 Å². The van der Waals surface area contributed by atoms with Gasteiger partial charge in [0.2, 0.25) is 0 Å². The highest BCUT2D eigenvalue weighted by atomic mass is 35.5. The molecule has 0 N–H and O–H groups in total. The molecule has 0 unspecified atom stereocenters. The second kappa shape index (κ2) is 5.40. The highest BCUT2D eigenvalue weighted by Gasteiger charge is 2.12. The zero-order valence-electron chi connectivity index (χ0n) is 10.4.